The number of nitrogens with one attached hydrogen (secondary N) is 2. The maximum Gasteiger partial charge on any atom is 0.405 e. The maximum atomic E-state index is 12.9. The average Bonchev–Trinajstić information content (AvgIpc) is 3.21. The van der Waals surface area contributed by atoms with E-state index in [1.807, 2.05) is 30.3 Å². The quantitative estimate of drug-likeness (QED) is 0.414. The number of aromatic amines is 1. The average molecular weight is 471 g/mol. The van der Waals surface area contributed by atoms with Gasteiger partial charge in [-0.25, -0.2) is 4.79 Å². The van der Waals surface area contributed by atoms with Crippen molar-refractivity contribution in [1.82, 2.24) is 10.2 Å². The Kier molecular flexibility index (Phi) is 8.17. The summed E-state index contributed by atoms with van der Waals surface area (Å²) in [5, 5.41) is 9.71. The van der Waals surface area contributed by atoms with Crippen molar-refractivity contribution < 1.29 is 23.9 Å². The smallest absolute Gasteiger partial charge is 0.405 e. The van der Waals surface area contributed by atoms with E-state index in [1.54, 1.807) is 24.3 Å². The van der Waals surface area contributed by atoms with Gasteiger partial charge < -0.3 is 20.5 Å². The molecule has 0 radical (unpaired) electrons. The van der Waals surface area contributed by atoms with Crippen LogP contribution in [0.5, 0.6) is 0 Å². The Balaban J connectivity index is 1.63. The first kappa shape index (κ1) is 24.0. The molecule has 0 fully saturated rings. The van der Waals surface area contributed by atoms with Gasteiger partial charge in [0, 0.05) is 12.5 Å². The number of anilines is 1. The van der Waals surface area contributed by atoms with Gasteiger partial charge in [0.25, 0.3) is 5.91 Å². The minimum atomic E-state index is -1.05. The molecule has 0 aliphatic heterocycles. The number of hydrogen-bond acceptors (Lipinski definition) is 6. The molecule has 2 aromatic carbocycles. The van der Waals surface area contributed by atoms with Crippen molar-refractivity contribution in [2.45, 2.75) is 32.7 Å². The van der Waals surface area contributed by atoms with Gasteiger partial charge in [-0.1, -0.05) is 54.1 Å². The fourth-order valence-electron chi connectivity index (χ4n) is 3.07. The number of hydrogen-bond donors (Lipinski definition) is 3. The van der Waals surface area contributed by atoms with Gasteiger partial charge in [0.15, 0.2) is 17.7 Å². The summed E-state index contributed by atoms with van der Waals surface area (Å²) in [5.74, 6) is -0.682. The second kappa shape index (κ2) is 11.3. The highest BCUT2D eigenvalue weighted by Crippen LogP contribution is 2.23. The summed E-state index contributed by atoms with van der Waals surface area (Å²) in [6, 6.07) is 16.1. The predicted octanol–water partition coefficient (Wildman–Crippen LogP) is 3.63. The number of Topliss-reactive ketones (excluding diaryl/α,β-unsaturated/α-hetero) is 1. The number of primary amides is 1. The Morgan fingerprint density at radius 3 is 2.61 bits per heavy atom. The minimum absolute atomic E-state index is 0.128. The number of nitrogens with zero attached hydrogens (tertiary/aromatic N) is 1. The minimum Gasteiger partial charge on any atom is -0.439 e. The molecule has 0 saturated carbocycles. The van der Waals surface area contributed by atoms with Gasteiger partial charge in [-0.3, -0.25) is 14.7 Å². The summed E-state index contributed by atoms with van der Waals surface area (Å²) < 4.78 is 10.4. The van der Waals surface area contributed by atoms with E-state index < -0.39 is 23.9 Å². The number of rotatable bonds is 10. The van der Waals surface area contributed by atoms with Gasteiger partial charge in [-0.05, 0) is 24.1 Å². The van der Waals surface area contributed by atoms with Crippen LogP contribution in [0.2, 0.25) is 5.02 Å². The molecule has 0 spiro atoms. The highest BCUT2D eigenvalue weighted by molar-refractivity contribution is 6.34. The lowest BCUT2D eigenvalue weighted by atomic mass is 9.99. The number of carbonyl (C=O) groups is 3. The highest BCUT2D eigenvalue weighted by atomic mass is 35.5. The molecule has 33 heavy (non-hydrogen) atoms. The molecule has 2 amide bonds. The van der Waals surface area contributed by atoms with Crippen LogP contribution >= 0.6 is 11.6 Å². The Morgan fingerprint density at radius 1 is 1.12 bits per heavy atom. The van der Waals surface area contributed by atoms with Crippen LogP contribution < -0.4 is 11.1 Å². The van der Waals surface area contributed by atoms with E-state index in [-0.39, 0.29) is 29.4 Å². The van der Waals surface area contributed by atoms with E-state index in [9.17, 15) is 14.4 Å². The Morgan fingerprint density at radius 2 is 1.88 bits per heavy atom. The molecular formula is C23H23ClN4O5. The van der Waals surface area contributed by atoms with Crippen molar-refractivity contribution in [1.29, 1.82) is 0 Å². The summed E-state index contributed by atoms with van der Waals surface area (Å²) in [7, 11) is 0. The number of amides is 2. The normalized spacial score (nSPS) is 11.6. The molecule has 0 bridgehead atoms. The lowest BCUT2D eigenvalue weighted by Gasteiger charge is -2.13. The first-order valence-corrected chi connectivity index (χ1v) is 10.4. The molecular weight excluding hydrogens is 448 g/mol. The van der Waals surface area contributed by atoms with Gasteiger partial charge in [0.1, 0.15) is 0 Å². The number of aromatic nitrogens is 2. The van der Waals surface area contributed by atoms with Gasteiger partial charge in [0.2, 0.25) is 0 Å². The van der Waals surface area contributed by atoms with Crippen LogP contribution in [-0.4, -0.2) is 34.1 Å². The van der Waals surface area contributed by atoms with Crippen LogP contribution in [0.1, 0.15) is 34.1 Å². The third-order valence-corrected chi connectivity index (χ3v) is 4.99. The Bertz CT molecular complexity index is 1130. The number of carbonyl (C=O) groups excluding carboxylic acids is 3. The molecule has 1 atom stereocenters. The Labute approximate surface area is 195 Å². The fraction of sp³-hybridized carbons (Fsp3) is 0.217. The third-order valence-electron chi connectivity index (χ3n) is 4.68. The van der Waals surface area contributed by atoms with Crippen molar-refractivity contribution >= 4 is 35.2 Å². The van der Waals surface area contributed by atoms with E-state index in [0.717, 1.165) is 5.56 Å². The summed E-state index contributed by atoms with van der Waals surface area (Å²) in [5.41, 5.74) is 7.18. The molecule has 9 nitrogen and oxygen atoms in total. The van der Waals surface area contributed by atoms with Crippen LogP contribution in [-0.2, 0) is 33.9 Å². The lowest BCUT2D eigenvalue weighted by molar-refractivity contribution is -0.125. The number of ether oxygens (including phenoxy) is 2. The van der Waals surface area contributed by atoms with Crippen LogP contribution in [0, 0.1) is 0 Å². The molecule has 0 saturated heterocycles. The largest absolute Gasteiger partial charge is 0.439 e. The van der Waals surface area contributed by atoms with Crippen LogP contribution in [0.15, 0.2) is 54.6 Å². The molecule has 1 heterocycles. The van der Waals surface area contributed by atoms with E-state index in [1.165, 1.54) is 6.92 Å². The van der Waals surface area contributed by atoms with Crippen molar-refractivity contribution in [2.75, 3.05) is 5.32 Å². The van der Waals surface area contributed by atoms with E-state index in [0.29, 0.717) is 17.9 Å². The Hall–Kier alpha value is -3.69. The summed E-state index contributed by atoms with van der Waals surface area (Å²) in [6.45, 7) is 2.13. The first-order valence-electron chi connectivity index (χ1n) is 10.1. The van der Waals surface area contributed by atoms with Gasteiger partial charge >= 0.3 is 6.09 Å². The van der Waals surface area contributed by atoms with Crippen molar-refractivity contribution in [3.05, 3.63) is 82.0 Å². The summed E-state index contributed by atoms with van der Waals surface area (Å²) in [6.07, 6.45) is -2.28. The molecule has 172 valence electrons. The van der Waals surface area contributed by atoms with E-state index >= 15 is 0 Å². The van der Waals surface area contributed by atoms with Gasteiger partial charge in [-0.2, -0.15) is 5.10 Å². The van der Waals surface area contributed by atoms with Crippen molar-refractivity contribution in [3.8, 4) is 0 Å². The summed E-state index contributed by atoms with van der Waals surface area (Å²) >= 11 is 6.24. The van der Waals surface area contributed by atoms with Crippen LogP contribution in [0.3, 0.4) is 0 Å². The first-order chi connectivity index (χ1) is 15.8. The zero-order valence-electron chi connectivity index (χ0n) is 17.8. The lowest BCUT2D eigenvalue weighted by Crippen LogP contribution is -2.29. The van der Waals surface area contributed by atoms with Gasteiger partial charge in [-0.15, -0.1) is 0 Å². The highest BCUT2D eigenvalue weighted by Gasteiger charge is 2.22. The number of benzene rings is 2. The zero-order chi connectivity index (χ0) is 23.8. The SMILES string of the molecule is C[C@H](OC(N)=O)C(=O)Cc1cccc(Cl)c1C(=O)Nc1cc(COCc2ccccc2)[nH]n1. The molecule has 0 aliphatic rings. The molecule has 4 N–H and O–H groups in total. The van der Waals surface area contributed by atoms with Crippen molar-refractivity contribution in [2.24, 2.45) is 5.73 Å². The number of nitrogens with two attached hydrogens (primary N) is 1. The van der Waals surface area contributed by atoms with E-state index in [4.69, 9.17) is 26.8 Å². The predicted molar refractivity (Wildman–Crippen MR) is 122 cm³/mol. The molecule has 0 aliphatic carbocycles. The molecule has 0 unspecified atom stereocenters. The molecule has 10 heteroatoms. The monoisotopic (exact) mass is 470 g/mol. The van der Waals surface area contributed by atoms with Crippen molar-refractivity contribution in [3.63, 3.8) is 0 Å². The second-order valence-corrected chi connectivity index (χ2v) is 7.61. The zero-order valence-corrected chi connectivity index (χ0v) is 18.6. The van der Waals surface area contributed by atoms with Crippen LogP contribution in [0.4, 0.5) is 10.6 Å². The molecule has 3 rings (SSSR count). The third kappa shape index (κ3) is 6.90. The summed E-state index contributed by atoms with van der Waals surface area (Å²) in [4.78, 5) is 36.1. The van der Waals surface area contributed by atoms with Gasteiger partial charge in [0.05, 0.1) is 29.5 Å². The standard InChI is InChI=1S/C23H23ClN4O5/c1-14(33-23(25)31)19(29)10-16-8-5-9-18(24)21(16)22(30)26-20-11-17(27-28-20)13-32-12-15-6-3-2-4-7-15/h2-9,11,14H,10,12-13H2,1H3,(H2,25,31)(H2,26,27,28,30)/t14-/m0/s1. The second-order valence-electron chi connectivity index (χ2n) is 7.21. The number of halogens is 1. The maximum absolute atomic E-state index is 12.9. The topological polar surface area (TPSA) is 136 Å². The molecule has 3 aromatic rings. The van der Waals surface area contributed by atoms with Crippen LogP contribution in [0.25, 0.3) is 0 Å². The number of H-pyrrole nitrogens is 1. The number of ketones is 1. The molecule has 1 aromatic heterocycles. The fourth-order valence-corrected chi connectivity index (χ4v) is 3.35. The van der Waals surface area contributed by atoms with E-state index in [2.05, 4.69) is 15.5 Å².